The van der Waals surface area contributed by atoms with Gasteiger partial charge < -0.3 is 0 Å². The summed E-state index contributed by atoms with van der Waals surface area (Å²) in [5.74, 6) is -0.165. The molecule has 0 atom stereocenters. The number of nitrogens with one attached hydrogen (secondary N) is 2. The Morgan fingerprint density at radius 2 is 1.27 bits per heavy atom. The predicted octanol–water partition coefficient (Wildman–Crippen LogP) is 4.35. The number of hydrogen-bond acceptors (Lipinski definition) is 4. The molecule has 0 spiro atoms. The lowest BCUT2D eigenvalue weighted by atomic mass is 10.1. The van der Waals surface area contributed by atoms with E-state index in [1.807, 2.05) is 51.1 Å². The third-order valence-corrected chi connectivity index (χ3v) is 7.26. The van der Waals surface area contributed by atoms with Crippen molar-refractivity contribution in [2.75, 3.05) is 9.44 Å². The van der Waals surface area contributed by atoms with Crippen molar-refractivity contribution in [2.45, 2.75) is 31.4 Å². The topological polar surface area (TPSA) is 92.3 Å². The van der Waals surface area contributed by atoms with Crippen LogP contribution in [0.25, 0.3) is 0 Å². The molecular formula is C22H24N2O4S2. The van der Waals surface area contributed by atoms with Crippen molar-refractivity contribution < 1.29 is 16.8 Å². The first-order valence-electron chi connectivity index (χ1n) is 9.31. The summed E-state index contributed by atoms with van der Waals surface area (Å²) in [5.41, 5.74) is 4.20. The first kappa shape index (κ1) is 21.9. The van der Waals surface area contributed by atoms with Crippen LogP contribution in [0.3, 0.4) is 0 Å². The van der Waals surface area contributed by atoms with Gasteiger partial charge in [-0.15, -0.1) is 0 Å². The van der Waals surface area contributed by atoms with Gasteiger partial charge in [-0.2, -0.15) is 0 Å². The van der Waals surface area contributed by atoms with E-state index in [1.54, 1.807) is 12.1 Å². The van der Waals surface area contributed by atoms with Gasteiger partial charge in [-0.3, -0.25) is 9.44 Å². The fraction of sp³-hybridized carbons (Fsp3) is 0.182. The molecule has 3 rings (SSSR count). The van der Waals surface area contributed by atoms with Gasteiger partial charge in [0.05, 0.1) is 16.3 Å². The Hall–Kier alpha value is -2.84. The lowest BCUT2D eigenvalue weighted by molar-refractivity contribution is 0.599. The average Bonchev–Trinajstić information content (AvgIpc) is 2.67. The molecule has 0 aliphatic carbocycles. The Bertz CT molecular complexity index is 1230. The van der Waals surface area contributed by atoms with Crippen LogP contribution in [0.1, 0.15) is 22.3 Å². The lowest BCUT2D eigenvalue weighted by Crippen LogP contribution is -2.16. The molecule has 8 heteroatoms. The van der Waals surface area contributed by atoms with Gasteiger partial charge in [0.1, 0.15) is 0 Å². The van der Waals surface area contributed by atoms with Crippen molar-refractivity contribution in [2.24, 2.45) is 0 Å². The van der Waals surface area contributed by atoms with E-state index < -0.39 is 20.0 Å². The maximum Gasteiger partial charge on any atom is 0.261 e. The largest absolute Gasteiger partial charge is 0.283 e. The van der Waals surface area contributed by atoms with Crippen LogP contribution in [0.15, 0.2) is 71.6 Å². The minimum atomic E-state index is -3.80. The Kier molecular flexibility index (Phi) is 6.19. The molecule has 3 aromatic carbocycles. The monoisotopic (exact) mass is 444 g/mol. The number of hydrogen-bond donors (Lipinski definition) is 2. The molecule has 0 heterocycles. The number of sulfonamides is 2. The molecule has 0 saturated heterocycles. The predicted molar refractivity (Wildman–Crippen MR) is 121 cm³/mol. The normalized spacial score (nSPS) is 11.8. The molecule has 0 aromatic heterocycles. The summed E-state index contributed by atoms with van der Waals surface area (Å²) in [6.45, 7) is 5.59. The van der Waals surface area contributed by atoms with Gasteiger partial charge in [-0.05, 0) is 61.7 Å². The molecule has 158 valence electrons. The Balaban J connectivity index is 1.74. The zero-order valence-electron chi connectivity index (χ0n) is 17.0. The molecule has 0 aliphatic rings. The van der Waals surface area contributed by atoms with E-state index in [-0.39, 0.29) is 10.6 Å². The number of aryl methyl sites for hydroxylation is 3. The molecule has 0 saturated carbocycles. The van der Waals surface area contributed by atoms with E-state index in [2.05, 4.69) is 9.44 Å². The summed E-state index contributed by atoms with van der Waals surface area (Å²) in [6, 6.07) is 18.4. The highest BCUT2D eigenvalue weighted by molar-refractivity contribution is 7.92. The first-order valence-corrected chi connectivity index (χ1v) is 12.4. The van der Waals surface area contributed by atoms with Crippen molar-refractivity contribution in [3.63, 3.8) is 0 Å². The van der Waals surface area contributed by atoms with Crippen molar-refractivity contribution in [1.29, 1.82) is 0 Å². The van der Waals surface area contributed by atoms with Crippen molar-refractivity contribution in [3.8, 4) is 0 Å². The molecular weight excluding hydrogens is 420 g/mol. The molecule has 0 unspecified atom stereocenters. The zero-order chi connectivity index (χ0) is 21.9. The van der Waals surface area contributed by atoms with Crippen LogP contribution in [0, 0.1) is 20.8 Å². The average molecular weight is 445 g/mol. The molecule has 0 radical (unpaired) electrons. The Labute approximate surface area is 178 Å². The smallest absolute Gasteiger partial charge is 0.261 e. The summed E-state index contributed by atoms with van der Waals surface area (Å²) < 4.78 is 55.4. The molecule has 2 N–H and O–H groups in total. The van der Waals surface area contributed by atoms with Crippen LogP contribution in [-0.2, 0) is 25.8 Å². The molecule has 0 bridgehead atoms. The quantitative estimate of drug-likeness (QED) is 0.566. The van der Waals surface area contributed by atoms with E-state index in [9.17, 15) is 16.8 Å². The Morgan fingerprint density at radius 3 is 1.83 bits per heavy atom. The highest BCUT2D eigenvalue weighted by atomic mass is 32.2. The maximum absolute atomic E-state index is 12.7. The van der Waals surface area contributed by atoms with E-state index in [4.69, 9.17) is 0 Å². The van der Waals surface area contributed by atoms with Crippen molar-refractivity contribution >= 4 is 31.4 Å². The molecule has 0 fully saturated rings. The van der Waals surface area contributed by atoms with Crippen LogP contribution in [-0.4, -0.2) is 16.8 Å². The minimum absolute atomic E-state index is 0.0478. The molecule has 6 nitrogen and oxygen atoms in total. The van der Waals surface area contributed by atoms with Crippen LogP contribution < -0.4 is 9.44 Å². The SMILES string of the molecule is Cc1ccc(CS(=O)(=O)Nc2ccc(S(=O)(=O)Nc3c(C)cccc3C)cc2)cc1. The van der Waals surface area contributed by atoms with Crippen molar-refractivity contribution in [3.05, 3.63) is 89.0 Å². The van der Waals surface area contributed by atoms with Gasteiger partial charge in [-0.25, -0.2) is 16.8 Å². The third kappa shape index (κ3) is 5.40. The summed E-state index contributed by atoms with van der Waals surface area (Å²) in [4.78, 5) is 0.0478. The number of benzene rings is 3. The number of rotatable bonds is 7. The molecule has 0 aliphatic heterocycles. The molecule has 3 aromatic rings. The van der Waals surface area contributed by atoms with Gasteiger partial charge >= 0.3 is 0 Å². The highest BCUT2D eigenvalue weighted by Gasteiger charge is 2.17. The fourth-order valence-corrected chi connectivity index (χ4v) is 5.39. The lowest BCUT2D eigenvalue weighted by Gasteiger charge is -2.14. The minimum Gasteiger partial charge on any atom is -0.283 e. The standard InChI is InChI=1S/C22H24N2O4S2/c1-16-7-9-19(10-8-16)15-29(25,26)23-20-11-13-21(14-12-20)30(27,28)24-22-17(2)5-4-6-18(22)3/h4-14,23-24H,15H2,1-3H3. The van der Waals surface area contributed by atoms with Crippen LogP contribution in [0.4, 0.5) is 11.4 Å². The van der Waals surface area contributed by atoms with Crippen LogP contribution >= 0.6 is 0 Å². The van der Waals surface area contributed by atoms with Gasteiger partial charge in [0.25, 0.3) is 10.0 Å². The number of para-hydroxylation sites is 1. The van der Waals surface area contributed by atoms with Gasteiger partial charge in [0, 0.05) is 5.69 Å². The van der Waals surface area contributed by atoms with E-state index in [0.717, 1.165) is 16.7 Å². The van der Waals surface area contributed by atoms with E-state index in [1.165, 1.54) is 24.3 Å². The molecule has 0 amide bonds. The highest BCUT2D eigenvalue weighted by Crippen LogP contribution is 2.24. The van der Waals surface area contributed by atoms with Crippen molar-refractivity contribution in [1.82, 2.24) is 0 Å². The summed E-state index contributed by atoms with van der Waals surface area (Å²) in [7, 11) is -7.42. The second kappa shape index (κ2) is 8.49. The second-order valence-corrected chi connectivity index (χ2v) is 10.6. The third-order valence-electron chi connectivity index (χ3n) is 4.63. The summed E-state index contributed by atoms with van der Waals surface area (Å²) in [5, 5.41) is 0. The first-order chi connectivity index (χ1) is 14.1. The van der Waals surface area contributed by atoms with Gasteiger partial charge in [0.15, 0.2) is 0 Å². The number of anilines is 2. The van der Waals surface area contributed by atoms with Gasteiger partial charge in [-0.1, -0.05) is 48.0 Å². The van der Waals surface area contributed by atoms with Crippen LogP contribution in [0.5, 0.6) is 0 Å². The summed E-state index contributed by atoms with van der Waals surface area (Å²) in [6.07, 6.45) is 0. The fourth-order valence-electron chi connectivity index (χ4n) is 2.99. The summed E-state index contributed by atoms with van der Waals surface area (Å²) >= 11 is 0. The molecule has 30 heavy (non-hydrogen) atoms. The van der Waals surface area contributed by atoms with E-state index >= 15 is 0 Å². The zero-order valence-corrected chi connectivity index (χ0v) is 18.6. The van der Waals surface area contributed by atoms with E-state index in [0.29, 0.717) is 16.9 Å². The second-order valence-electron chi connectivity index (χ2n) is 7.24. The van der Waals surface area contributed by atoms with Crippen LogP contribution in [0.2, 0.25) is 0 Å². The van der Waals surface area contributed by atoms with Gasteiger partial charge in [0.2, 0.25) is 10.0 Å². The maximum atomic E-state index is 12.7. The Morgan fingerprint density at radius 1 is 0.700 bits per heavy atom.